The SMILES string of the molecule is NC1=CCCN1[N+](=O)[O-]. The summed E-state index contributed by atoms with van der Waals surface area (Å²) < 4.78 is 0. The maximum Gasteiger partial charge on any atom is 0.166 e. The third kappa shape index (κ3) is 0.933. The summed E-state index contributed by atoms with van der Waals surface area (Å²) in [4.78, 5) is 10.0. The molecule has 0 atom stereocenters. The Morgan fingerprint density at radius 1 is 1.89 bits per heavy atom. The molecule has 0 aromatic heterocycles. The molecule has 0 bridgehead atoms. The van der Waals surface area contributed by atoms with Crippen LogP contribution in [0, 0.1) is 10.1 Å². The number of nitro groups is 1. The number of nitrogens with two attached hydrogens (primary N) is 1. The molecule has 0 fully saturated rings. The second kappa shape index (κ2) is 1.93. The summed E-state index contributed by atoms with van der Waals surface area (Å²) in [5, 5.41) is 10.5. The maximum absolute atomic E-state index is 10.0. The summed E-state index contributed by atoms with van der Waals surface area (Å²) in [6.45, 7) is 0.402. The molecule has 1 aliphatic heterocycles. The van der Waals surface area contributed by atoms with E-state index < -0.39 is 5.03 Å². The third-order valence-corrected chi connectivity index (χ3v) is 1.19. The van der Waals surface area contributed by atoms with Crippen LogP contribution in [0.2, 0.25) is 0 Å². The molecule has 0 aromatic carbocycles. The largest absolute Gasteiger partial charge is 0.381 e. The highest BCUT2D eigenvalue weighted by Gasteiger charge is 2.20. The van der Waals surface area contributed by atoms with Gasteiger partial charge in [-0.05, 0) is 12.5 Å². The first-order chi connectivity index (χ1) is 4.22. The van der Waals surface area contributed by atoms with E-state index in [0.717, 1.165) is 5.01 Å². The van der Waals surface area contributed by atoms with Gasteiger partial charge in [-0.15, -0.1) is 0 Å². The average Bonchev–Trinajstić information content (AvgIpc) is 2.13. The number of hydrogen-bond acceptors (Lipinski definition) is 3. The van der Waals surface area contributed by atoms with Gasteiger partial charge in [-0.25, -0.2) is 10.1 Å². The molecule has 1 rings (SSSR count). The second-order valence-corrected chi connectivity index (χ2v) is 1.78. The molecular formula is C4H7N3O2. The number of hydrazine groups is 1. The van der Waals surface area contributed by atoms with E-state index in [4.69, 9.17) is 5.73 Å². The van der Waals surface area contributed by atoms with Crippen molar-refractivity contribution in [1.82, 2.24) is 5.01 Å². The average molecular weight is 129 g/mol. The van der Waals surface area contributed by atoms with E-state index in [9.17, 15) is 10.1 Å². The lowest BCUT2D eigenvalue weighted by Crippen LogP contribution is -2.29. The van der Waals surface area contributed by atoms with Gasteiger partial charge in [0.15, 0.2) is 10.9 Å². The zero-order chi connectivity index (χ0) is 6.85. The first-order valence-corrected chi connectivity index (χ1v) is 2.59. The van der Waals surface area contributed by atoms with Crippen LogP contribution in [0.25, 0.3) is 0 Å². The summed E-state index contributed by atoms with van der Waals surface area (Å²) >= 11 is 0. The Morgan fingerprint density at radius 3 is 2.78 bits per heavy atom. The van der Waals surface area contributed by atoms with E-state index in [0.29, 0.717) is 13.0 Å². The number of rotatable bonds is 1. The lowest BCUT2D eigenvalue weighted by molar-refractivity contribution is -0.642. The van der Waals surface area contributed by atoms with Gasteiger partial charge in [0, 0.05) is 0 Å². The second-order valence-electron chi connectivity index (χ2n) is 1.78. The van der Waals surface area contributed by atoms with Crippen LogP contribution in [0.4, 0.5) is 0 Å². The van der Waals surface area contributed by atoms with Gasteiger partial charge in [-0.2, -0.15) is 0 Å². The zero-order valence-electron chi connectivity index (χ0n) is 4.78. The Balaban J connectivity index is 2.63. The minimum atomic E-state index is -0.501. The van der Waals surface area contributed by atoms with Crippen LogP contribution >= 0.6 is 0 Å². The highest BCUT2D eigenvalue weighted by atomic mass is 16.7. The van der Waals surface area contributed by atoms with Crippen LogP contribution in [0.5, 0.6) is 0 Å². The quantitative estimate of drug-likeness (QED) is 0.389. The van der Waals surface area contributed by atoms with Crippen molar-refractivity contribution in [1.29, 1.82) is 0 Å². The van der Waals surface area contributed by atoms with Crippen LogP contribution in [-0.4, -0.2) is 16.6 Å². The van der Waals surface area contributed by atoms with Crippen LogP contribution in [0.3, 0.4) is 0 Å². The molecule has 50 valence electrons. The Morgan fingerprint density at radius 2 is 2.56 bits per heavy atom. The van der Waals surface area contributed by atoms with Crippen molar-refractivity contribution in [3.8, 4) is 0 Å². The Bertz CT molecular complexity index is 165. The predicted octanol–water partition coefficient (Wildman–Crippen LogP) is -0.316. The first-order valence-electron chi connectivity index (χ1n) is 2.59. The van der Waals surface area contributed by atoms with E-state index >= 15 is 0 Å². The van der Waals surface area contributed by atoms with Gasteiger partial charge in [0.25, 0.3) is 0 Å². The van der Waals surface area contributed by atoms with Crippen LogP contribution < -0.4 is 5.73 Å². The van der Waals surface area contributed by atoms with Crippen molar-refractivity contribution in [3.05, 3.63) is 22.0 Å². The van der Waals surface area contributed by atoms with Gasteiger partial charge in [-0.1, -0.05) is 5.01 Å². The zero-order valence-corrected chi connectivity index (χ0v) is 4.78. The summed E-state index contributed by atoms with van der Waals surface area (Å²) in [6, 6.07) is 0. The highest BCUT2D eigenvalue weighted by molar-refractivity contribution is 4.99. The first kappa shape index (κ1) is 5.87. The fraction of sp³-hybridized carbons (Fsp3) is 0.500. The van der Waals surface area contributed by atoms with E-state index in [1.807, 2.05) is 0 Å². The fourth-order valence-electron chi connectivity index (χ4n) is 0.745. The van der Waals surface area contributed by atoms with Crippen molar-refractivity contribution in [3.63, 3.8) is 0 Å². The van der Waals surface area contributed by atoms with Crippen molar-refractivity contribution < 1.29 is 5.03 Å². The van der Waals surface area contributed by atoms with Crippen LogP contribution in [-0.2, 0) is 0 Å². The van der Waals surface area contributed by atoms with Crippen molar-refractivity contribution in [2.24, 2.45) is 5.73 Å². The van der Waals surface area contributed by atoms with E-state index in [1.165, 1.54) is 0 Å². The third-order valence-electron chi connectivity index (χ3n) is 1.19. The van der Waals surface area contributed by atoms with Gasteiger partial charge in [0.05, 0.1) is 6.54 Å². The monoisotopic (exact) mass is 129 g/mol. The molecule has 0 aromatic rings. The lowest BCUT2D eigenvalue weighted by Gasteiger charge is -2.05. The molecule has 5 heteroatoms. The molecular weight excluding hydrogens is 122 g/mol. The molecule has 0 amide bonds. The van der Waals surface area contributed by atoms with E-state index in [2.05, 4.69) is 0 Å². The van der Waals surface area contributed by atoms with Gasteiger partial charge < -0.3 is 5.73 Å². The Labute approximate surface area is 51.9 Å². The summed E-state index contributed by atoms with van der Waals surface area (Å²) in [5.74, 6) is 0.250. The molecule has 1 heterocycles. The summed E-state index contributed by atoms with van der Waals surface area (Å²) in [7, 11) is 0. The molecule has 2 N–H and O–H groups in total. The Kier molecular flexibility index (Phi) is 1.26. The highest BCUT2D eigenvalue weighted by Crippen LogP contribution is 2.07. The summed E-state index contributed by atoms with van der Waals surface area (Å²) in [6.07, 6.45) is 2.32. The standard InChI is InChI=1S/C4H7N3O2/c5-4-2-1-3-6(4)7(8)9/h2H,1,3,5H2. The number of nitrogens with zero attached hydrogens (tertiary/aromatic N) is 2. The molecule has 9 heavy (non-hydrogen) atoms. The minimum absolute atomic E-state index is 0.250. The van der Waals surface area contributed by atoms with E-state index in [1.54, 1.807) is 6.08 Å². The molecule has 0 radical (unpaired) electrons. The smallest absolute Gasteiger partial charge is 0.166 e. The van der Waals surface area contributed by atoms with Crippen molar-refractivity contribution >= 4 is 0 Å². The molecule has 0 unspecified atom stereocenters. The minimum Gasteiger partial charge on any atom is -0.381 e. The topological polar surface area (TPSA) is 72.4 Å². The normalized spacial score (nSPS) is 17.8. The van der Waals surface area contributed by atoms with E-state index in [-0.39, 0.29) is 5.82 Å². The van der Waals surface area contributed by atoms with Gasteiger partial charge in [0.2, 0.25) is 0 Å². The molecule has 0 saturated heterocycles. The fourth-order valence-corrected chi connectivity index (χ4v) is 0.745. The van der Waals surface area contributed by atoms with Crippen molar-refractivity contribution in [2.75, 3.05) is 6.54 Å². The molecule has 0 saturated carbocycles. The van der Waals surface area contributed by atoms with Gasteiger partial charge >= 0.3 is 0 Å². The summed E-state index contributed by atoms with van der Waals surface area (Å²) in [5.41, 5.74) is 5.23. The van der Waals surface area contributed by atoms with Gasteiger partial charge in [-0.3, -0.25) is 0 Å². The maximum atomic E-state index is 10.0. The van der Waals surface area contributed by atoms with Crippen LogP contribution in [0.15, 0.2) is 11.9 Å². The predicted molar refractivity (Wildman–Crippen MR) is 30.6 cm³/mol. The number of hydrogen-bond donors (Lipinski definition) is 1. The van der Waals surface area contributed by atoms with Gasteiger partial charge in [0.1, 0.15) is 0 Å². The van der Waals surface area contributed by atoms with Crippen LogP contribution in [0.1, 0.15) is 6.42 Å². The molecule has 1 aliphatic rings. The molecule has 5 nitrogen and oxygen atoms in total. The van der Waals surface area contributed by atoms with Crippen molar-refractivity contribution in [2.45, 2.75) is 6.42 Å². The molecule has 0 aliphatic carbocycles. The lowest BCUT2D eigenvalue weighted by atomic mass is 10.5. The molecule has 0 spiro atoms. The Hall–Kier alpha value is -1.26.